The van der Waals surface area contributed by atoms with Crippen molar-refractivity contribution < 1.29 is 14.3 Å². The second kappa shape index (κ2) is 6.97. The molecule has 0 radical (unpaired) electrons. The molecular weight excluding hydrogens is 313 g/mol. The van der Waals surface area contributed by atoms with Gasteiger partial charge in [-0.1, -0.05) is 18.2 Å². The summed E-state index contributed by atoms with van der Waals surface area (Å²) >= 11 is 0. The van der Waals surface area contributed by atoms with Crippen LogP contribution in [0.5, 0.6) is 0 Å². The van der Waals surface area contributed by atoms with Gasteiger partial charge in [0.15, 0.2) is 5.82 Å². The molecule has 2 N–H and O–H groups in total. The van der Waals surface area contributed by atoms with Crippen LogP contribution in [0.25, 0.3) is 5.82 Å². The molecule has 3 aromatic rings. The second-order valence-corrected chi connectivity index (χ2v) is 4.99. The van der Waals surface area contributed by atoms with Crippen molar-refractivity contribution in [3.05, 3.63) is 72.2 Å². The van der Waals surface area contributed by atoms with E-state index in [0.717, 1.165) is 0 Å². The molecule has 2 heterocycles. The van der Waals surface area contributed by atoms with Gasteiger partial charge in [-0.05, 0) is 18.2 Å². The highest BCUT2D eigenvalue weighted by Crippen LogP contribution is 2.16. The van der Waals surface area contributed by atoms with Crippen molar-refractivity contribution in [2.75, 3.05) is 6.54 Å². The lowest BCUT2D eigenvalue weighted by molar-refractivity contribution is 0.0914. The number of nitrogens with one attached hydrogen (secondary N) is 1. The molecule has 0 spiro atoms. The minimum absolute atomic E-state index is 0.110. The Bertz CT molecular complexity index is 838. The number of aliphatic hydroxyl groups excluding tert-OH is 1. The molecule has 0 saturated carbocycles. The van der Waals surface area contributed by atoms with Crippen LogP contribution in [0, 0.1) is 5.82 Å². The van der Waals surface area contributed by atoms with Gasteiger partial charge < -0.3 is 10.4 Å². The van der Waals surface area contributed by atoms with Gasteiger partial charge in [0, 0.05) is 23.9 Å². The summed E-state index contributed by atoms with van der Waals surface area (Å²) in [5.41, 5.74) is 0.479. The van der Waals surface area contributed by atoms with Crippen LogP contribution < -0.4 is 5.32 Å². The lowest BCUT2D eigenvalue weighted by atomic mass is 10.1. The average molecular weight is 327 g/mol. The first-order valence-corrected chi connectivity index (χ1v) is 7.17. The normalized spacial score (nSPS) is 11.9. The number of aromatic nitrogens is 4. The van der Waals surface area contributed by atoms with Crippen LogP contribution in [-0.2, 0) is 0 Å². The Morgan fingerprint density at radius 3 is 2.92 bits per heavy atom. The zero-order valence-corrected chi connectivity index (χ0v) is 12.5. The Labute approximate surface area is 136 Å². The predicted molar refractivity (Wildman–Crippen MR) is 82.8 cm³/mol. The minimum atomic E-state index is -1.13. The van der Waals surface area contributed by atoms with Crippen LogP contribution in [-0.4, -0.2) is 37.3 Å². The molecule has 0 bridgehead atoms. The number of benzene rings is 1. The van der Waals surface area contributed by atoms with E-state index in [0.29, 0.717) is 11.4 Å². The summed E-state index contributed by atoms with van der Waals surface area (Å²) in [6.45, 7) is -0.110. The standard InChI is InChI=1S/C16H14FN5O2/c17-13-4-2-1-3-12(13)14(23)8-20-16(24)11-5-6-19-15(7-11)22-10-18-9-21-22/h1-7,9-10,14,23H,8H2,(H,20,24). The smallest absolute Gasteiger partial charge is 0.251 e. The zero-order chi connectivity index (χ0) is 16.9. The number of hydrogen-bond acceptors (Lipinski definition) is 5. The number of carbonyl (C=O) groups excluding carboxylic acids is 1. The predicted octanol–water partition coefficient (Wildman–Crippen LogP) is 1.26. The Morgan fingerprint density at radius 1 is 1.33 bits per heavy atom. The van der Waals surface area contributed by atoms with Gasteiger partial charge in [0.1, 0.15) is 18.5 Å². The number of pyridine rings is 1. The summed E-state index contributed by atoms with van der Waals surface area (Å²) in [6, 6.07) is 8.96. The van der Waals surface area contributed by atoms with E-state index in [1.54, 1.807) is 12.1 Å². The van der Waals surface area contributed by atoms with Crippen molar-refractivity contribution in [3.8, 4) is 5.82 Å². The number of carbonyl (C=O) groups is 1. The highest BCUT2D eigenvalue weighted by atomic mass is 19.1. The van der Waals surface area contributed by atoms with Gasteiger partial charge >= 0.3 is 0 Å². The van der Waals surface area contributed by atoms with Crippen LogP contribution in [0.3, 0.4) is 0 Å². The molecule has 1 amide bonds. The maximum absolute atomic E-state index is 13.6. The van der Waals surface area contributed by atoms with E-state index in [4.69, 9.17) is 0 Å². The first-order valence-electron chi connectivity index (χ1n) is 7.17. The van der Waals surface area contributed by atoms with Crippen molar-refractivity contribution >= 4 is 5.91 Å². The van der Waals surface area contributed by atoms with Crippen LogP contribution in [0.15, 0.2) is 55.2 Å². The summed E-state index contributed by atoms with van der Waals surface area (Å²) in [5.74, 6) is -0.486. The Kier molecular flexibility index (Phi) is 4.57. The molecule has 0 fully saturated rings. The molecule has 3 rings (SSSR count). The molecule has 1 unspecified atom stereocenters. The molecule has 0 aliphatic heterocycles. The lowest BCUT2D eigenvalue weighted by Gasteiger charge is -2.13. The number of aliphatic hydroxyl groups is 1. The third-order valence-corrected chi connectivity index (χ3v) is 3.38. The molecule has 24 heavy (non-hydrogen) atoms. The quantitative estimate of drug-likeness (QED) is 0.736. The number of halogens is 1. The van der Waals surface area contributed by atoms with Crippen molar-refractivity contribution in [1.82, 2.24) is 25.1 Å². The van der Waals surface area contributed by atoms with E-state index in [-0.39, 0.29) is 12.1 Å². The van der Waals surface area contributed by atoms with Crippen LogP contribution >= 0.6 is 0 Å². The van der Waals surface area contributed by atoms with E-state index < -0.39 is 17.8 Å². The molecule has 122 valence electrons. The molecule has 7 nitrogen and oxygen atoms in total. The highest BCUT2D eigenvalue weighted by Gasteiger charge is 2.14. The number of nitrogens with zero attached hydrogens (tertiary/aromatic N) is 4. The fraction of sp³-hybridized carbons (Fsp3) is 0.125. The third-order valence-electron chi connectivity index (χ3n) is 3.38. The van der Waals surface area contributed by atoms with Crippen LogP contribution in [0.1, 0.15) is 22.0 Å². The third kappa shape index (κ3) is 3.44. The monoisotopic (exact) mass is 327 g/mol. The largest absolute Gasteiger partial charge is 0.386 e. The highest BCUT2D eigenvalue weighted by molar-refractivity contribution is 5.94. The molecule has 8 heteroatoms. The second-order valence-electron chi connectivity index (χ2n) is 4.99. The lowest BCUT2D eigenvalue weighted by Crippen LogP contribution is -2.28. The van der Waals surface area contributed by atoms with Crippen LogP contribution in [0.2, 0.25) is 0 Å². The summed E-state index contributed by atoms with van der Waals surface area (Å²) < 4.78 is 15.0. The van der Waals surface area contributed by atoms with E-state index >= 15 is 0 Å². The SMILES string of the molecule is O=C(NCC(O)c1ccccc1F)c1ccnc(-n2cncn2)c1. The Morgan fingerprint density at radius 2 is 2.17 bits per heavy atom. The van der Waals surface area contributed by atoms with Gasteiger partial charge in [0.05, 0.1) is 6.10 Å². The van der Waals surface area contributed by atoms with E-state index in [9.17, 15) is 14.3 Å². The topological polar surface area (TPSA) is 92.9 Å². The summed E-state index contributed by atoms with van der Waals surface area (Å²) in [7, 11) is 0. The van der Waals surface area contributed by atoms with Crippen molar-refractivity contribution in [2.45, 2.75) is 6.10 Å². The number of amides is 1. The van der Waals surface area contributed by atoms with Crippen molar-refractivity contribution in [2.24, 2.45) is 0 Å². The van der Waals surface area contributed by atoms with Gasteiger partial charge in [0.2, 0.25) is 0 Å². The molecular formula is C16H14FN5O2. The fourth-order valence-electron chi connectivity index (χ4n) is 2.16. The summed E-state index contributed by atoms with van der Waals surface area (Å²) in [4.78, 5) is 20.1. The molecule has 1 atom stereocenters. The zero-order valence-electron chi connectivity index (χ0n) is 12.5. The summed E-state index contributed by atoms with van der Waals surface area (Å²) in [6.07, 6.45) is 3.16. The average Bonchev–Trinajstić information content (AvgIpc) is 3.14. The van der Waals surface area contributed by atoms with Gasteiger partial charge in [-0.25, -0.2) is 19.0 Å². The van der Waals surface area contributed by atoms with Gasteiger partial charge in [-0.2, -0.15) is 5.10 Å². The minimum Gasteiger partial charge on any atom is -0.386 e. The Hall–Kier alpha value is -3.13. The molecule has 0 aliphatic carbocycles. The Balaban J connectivity index is 1.67. The summed E-state index contributed by atoms with van der Waals surface area (Å²) in [5, 5.41) is 16.5. The number of rotatable bonds is 5. The maximum Gasteiger partial charge on any atom is 0.251 e. The molecule has 1 aromatic carbocycles. The van der Waals surface area contributed by atoms with Gasteiger partial charge in [-0.3, -0.25) is 4.79 Å². The molecule has 0 aliphatic rings. The molecule has 0 saturated heterocycles. The van der Waals surface area contributed by atoms with Crippen molar-refractivity contribution in [1.29, 1.82) is 0 Å². The first-order chi connectivity index (χ1) is 11.6. The fourth-order valence-corrected chi connectivity index (χ4v) is 2.16. The first kappa shape index (κ1) is 15.8. The maximum atomic E-state index is 13.6. The van der Waals surface area contributed by atoms with Gasteiger partial charge in [-0.15, -0.1) is 0 Å². The van der Waals surface area contributed by atoms with Crippen LogP contribution in [0.4, 0.5) is 4.39 Å². The van der Waals surface area contributed by atoms with Gasteiger partial charge in [0.25, 0.3) is 5.91 Å². The number of hydrogen-bond donors (Lipinski definition) is 2. The van der Waals surface area contributed by atoms with E-state index in [1.807, 2.05) is 0 Å². The molecule has 2 aromatic heterocycles. The van der Waals surface area contributed by atoms with Crippen molar-refractivity contribution in [3.63, 3.8) is 0 Å². The van der Waals surface area contributed by atoms with E-state index in [1.165, 1.54) is 47.8 Å². The van der Waals surface area contributed by atoms with E-state index in [2.05, 4.69) is 20.4 Å².